The van der Waals surface area contributed by atoms with Crippen molar-refractivity contribution in [2.75, 3.05) is 0 Å². The van der Waals surface area contributed by atoms with E-state index in [9.17, 15) is 30.0 Å². The number of rotatable bonds is 3. The maximum Gasteiger partial charge on any atom is 0.310 e. The summed E-state index contributed by atoms with van der Waals surface area (Å²) in [6.45, 7) is 18.2. The van der Waals surface area contributed by atoms with E-state index < -0.39 is 41.9 Å². The molecule has 44 heavy (non-hydrogen) atoms. The minimum absolute atomic E-state index is 0.0144. The van der Waals surface area contributed by atoms with E-state index in [1.54, 1.807) is 6.92 Å². The molecule has 0 amide bonds. The van der Waals surface area contributed by atoms with Crippen LogP contribution >= 0.6 is 0 Å². The van der Waals surface area contributed by atoms with Gasteiger partial charge in [-0.15, -0.1) is 0 Å². The summed E-state index contributed by atoms with van der Waals surface area (Å²) < 4.78 is 5.85. The van der Waals surface area contributed by atoms with Crippen molar-refractivity contribution in [3.63, 3.8) is 0 Å². The van der Waals surface area contributed by atoms with E-state index in [0.29, 0.717) is 18.3 Å². The first-order valence-electron chi connectivity index (χ1n) is 17.4. The summed E-state index contributed by atoms with van der Waals surface area (Å²) in [6, 6.07) is 0. The number of carboxylic acid groups (broad SMARTS) is 1. The molecule has 6 aliphatic rings. The predicted octanol–water partition coefficient (Wildman–Crippen LogP) is 5.93. The van der Waals surface area contributed by atoms with E-state index in [0.717, 1.165) is 57.8 Å². The van der Waals surface area contributed by atoms with Crippen LogP contribution in [0.25, 0.3) is 0 Å². The summed E-state index contributed by atoms with van der Waals surface area (Å²) in [4.78, 5) is 27.0. The first-order valence-corrected chi connectivity index (χ1v) is 17.4. The van der Waals surface area contributed by atoms with Crippen molar-refractivity contribution < 1.29 is 34.8 Å². The van der Waals surface area contributed by atoms with Gasteiger partial charge in [0.2, 0.25) is 0 Å². The molecule has 0 aromatic carbocycles. The fourth-order valence-electron chi connectivity index (χ4n) is 12.6. The summed E-state index contributed by atoms with van der Waals surface area (Å²) in [5.74, 6) is -0.227. The topological polar surface area (TPSA) is 124 Å². The number of aliphatic hydroxyl groups excluding tert-OH is 3. The lowest BCUT2D eigenvalue weighted by Gasteiger charge is -2.71. The van der Waals surface area contributed by atoms with Gasteiger partial charge < -0.3 is 25.2 Å². The van der Waals surface area contributed by atoms with E-state index in [4.69, 9.17) is 4.74 Å². The lowest BCUT2D eigenvalue weighted by Crippen LogP contribution is -2.66. The van der Waals surface area contributed by atoms with Crippen LogP contribution in [0.4, 0.5) is 0 Å². The molecular formula is C37H58O7. The highest BCUT2D eigenvalue weighted by Gasteiger charge is 2.70. The van der Waals surface area contributed by atoms with Gasteiger partial charge in [0.25, 0.3) is 0 Å². The van der Waals surface area contributed by atoms with Crippen LogP contribution in [-0.2, 0) is 14.3 Å². The van der Waals surface area contributed by atoms with E-state index in [2.05, 4.69) is 54.5 Å². The average molecular weight is 615 g/mol. The van der Waals surface area contributed by atoms with Crippen LogP contribution in [0.2, 0.25) is 0 Å². The molecule has 0 spiro atoms. The Bertz CT molecular complexity index is 1240. The number of carboxylic acids is 1. The summed E-state index contributed by atoms with van der Waals surface area (Å²) in [7, 11) is 0. The maximum absolute atomic E-state index is 14.1. The molecule has 0 aromatic rings. The summed E-state index contributed by atoms with van der Waals surface area (Å²) >= 11 is 0. The van der Waals surface area contributed by atoms with Crippen LogP contribution in [0, 0.1) is 56.2 Å². The lowest BCUT2D eigenvalue weighted by atomic mass is 9.33. The van der Waals surface area contributed by atoms with Gasteiger partial charge in [0, 0.05) is 5.92 Å². The van der Waals surface area contributed by atoms with Crippen molar-refractivity contribution in [2.45, 2.75) is 150 Å². The van der Waals surface area contributed by atoms with Crippen molar-refractivity contribution in [3.8, 4) is 0 Å². The highest BCUT2D eigenvalue weighted by atomic mass is 16.5. The third kappa shape index (κ3) is 4.20. The van der Waals surface area contributed by atoms with Crippen LogP contribution in [0.15, 0.2) is 11.6 Å². The number of hydrogen-bond acceptors (Lipinski definition) is 6. The molecule has 5 unspecified atom stereocenters. The Labute approximate surface area is 264 Å². The highest BCUT2D eigenvalue weighted by molar-refractivity contribution is 5.87. The van der Waals surface area contributed by atoms with Crippen molar-refractivity contribution in [2.24, 2.45) is 56.2 Å². The quantitative estimate of drug-likeness (QED) is 0.291. The molecule has 7 heteroatoms. The van der Waals surface area contributed by atoms with Crippen molar-refractivity contribution >= 4 is 11.8 Å². The molecule has 0 radical (unpaired) electrons. The van der Waals surface area contributed by atoms with Gasteiger partial charge in [-0.2, -0.15) is 0 Å². The number of ether oxygens (including phenoxy) is 1. The molecule has 1 saturated heterocycles. The van der Waals surface area contributed by atoms with Gasteiger partial charge in [-0.1, -0.05) is 60.1 Å². The number of fused-ring (bicyclic) bond motifs is 7. The third-order valence-corrected chi connectivity index (χ3v) is 15.6. The number of ketones is 1. The molecule has 4 N–H and O–H groups in total. The van der Waals surface area contributed by atoms with Crippen LogP contribution in [0.1, 0.15) is 120 Å². The summed E-state index contributed by atoms with van der Waals surface area (Å²) in [6.07, 6.45) is 5.54. The molecule has 13 atom stereocenters. The fraction of sp³-hybridized carbons (Fsp3) is 0.892. The zero-order chi connectivity index (χ0) is 32.4. The lowest BCUT2D eigenvalue weighted by molar-refractivity contribution is -0.225. The molecule has 5 fully saturated rings. The molecule has 0 bridgehead atoms. The summed E-state index contributed by atoms with van der Waals surface area (Å²) in [5.41, 5.74) is 0.605. The Balaban J connectivity index is 1.32. The van der Waals surface area contributed by atoms with Crippen LogP contribution in [0.5, 0.6) is 0 Å². The number of aliphatic carboxylic acids is 1. The third-order valence-electron chi connectivity index (χ3n) is 15.6. The standard InChI is InChI=1S/C37H58O7/c1-20-26(38)28(40)29(41)30(44-20)27(39)22-11-13-34(6)24(33(22,4)5)12-14-36(8)25(34)10-9-21-23-19-32(2,3)15-17-37(23,31(42)43)18-16-35(21,36)7/h9,20,22-26,28-30,38,40-41H,10-19H2,1-8H3,(H,42,43)/t20?,22-,23?,24?,25?,26+,28-,29?,30-,34-,35+,36+,37-/m0/s1. The number of carbonyl (C=O) groups is 2. The molecule has 5 aliphatic carbocycles. The van der Waals surface area contributed by atoms with Crippen molar-refractivity contribution in [3.05, 3.63) is 11.6 Å². The molecule has 1 aliphatic heterocycles. The number of allylic oxidation sites excluding steroid dienone is 2. The fourth-order valence-corrected chi connectivity index (χ4v) is 12.6. The Morgan fingerprint density at radius 1 is 0.818 bits per heavy atom. The van der Waals surface area contributed by atoms with Gasteiger partial charge in [-0.3, -0.25) is 9.59 Å². The summed E-state index contributed by atoms with van der Waals surface area (Å²) in [5, 5.41) is 42.1. The minimum Gasteiger partial charge on any atom is -0.481 e. The number of carbonyl (C=O) groups excluding carboxylic acids is 1. The predicted molar refractivity (Wildman–Crippen MR) is 168 cm³/mol. The Morgan fingerprint density at radius 3 is 2.14 bits per heavy atom. The van der Waals surface area contributed by atoms with Gasteiger partial charge in [0.1, 0.15) is 24.4 Å². The van der Waals surface area contributed by atoms with E-state index in [1.165, 1.54) is 5.57 Å². The zero-order valence-corrected chi connectivity index (χ0v) is 28.4. The molecular weight excluding hydrogens is 556 g/mol. The van der Waals surface area contributed by atoms with Gasteiger partial charge in [0.05, 0.1) is 11.5 Å². The largest absolute Gasteiger partial charge is 0.481 e. The smallest absolute Gasteiger partial charge is 0.310 e. The second kappa shape index (κ2) is 10.1. The molecule has 6 rings (SSSR count). The van der Waals surface area contributed by atoms with E-state index in [-0.39, 0.29) is 44.7 Å². The molecule has 1 heterocycles. The van der Waals surface area contributed by atoms with E-state index >= 15 is 0 Å². The van der Waals surface area contributed by atoms with E-state index in [1.807, 2.05) is 0 Å². The van der Waals surface area contributed by atoms with Gasteiger partial charge in [-0.05, 0) is 116 Å². The first kappa shape index (κ1) is 32.7. The van der Waals surface area contributed by atoms with Crippen molar-refractivity contribution in [1.29, 1.82) is 0 Å². The normalized spacial score (nSPS) is 52.8. The van der Waals surface area contributed by atoms with Gasteiger partial charge in [-0.25, -0.2) is 0 Å². The second-order valence-corrected chi connectivity index (χ2v) is 18.2. The zero-order valence-electron chi connectivity index (χ0n) is 28.4. The Morgan fingerprint density at radius 2 is 1.48 bits per heavy atom. The Hall–Kier alpha value is -1.28. The number of aliphatic hydroxyl groups is 3. The molecule has 7 nitrogen and oxygen atoms in total. The highest BCUT2D eigenvalue weighted by Crippen LogP contribution is 2.76. The second-order valence-electron chi connectivity index (χ2n) is 18.2. The van der Waals surface area contributed by atoms with Gasteiger partial charge in [0.15, 0.2) is 5.78 Å². The Kier molecular flexibility index (Phi) is 7.50. The SMILES string of the molecule is CC1O[C@@H](C(=O)[C@@H]2CC[C@@]3(C)C(CC[C@]4(C)C3CC=C3C5CC(C)(C)CC[C@]5(C(=O)O)CC[C@]34C)C2(C)C)C(O)[C@@H](O)[C@@H]1O. The molecule has 4 saturated carbocycles. The minimum atomic E-state index is -1.44. The van der Waals surface area contributed by atoms with Gasteiger partial charge >= 0.3 is 5.97 Å². The van der Waals surface area contributed by atoms with Crippen LogP contribution in [-0.4, -0.2) is 62.7 Å². The maximum atomic E-state index is 14.1. The monoisotopic (exact) mass is 614 g/mol. The van der Waals surface area contributed by atoms with Crippen LogP contribution in [0.3, 0.4) is 0 Å². The van der Waals surface area contributed by atoms with Crippen LogP contribution < -0.4 is 0 Å². The first-order chi connectivity index (χ1) is 20.3. The molecule has 248 valence electrons. The number of hydrogen-bond donors (Lipinski definition) is 4. The van der Waals surface area contributed by atoms with Crippen molar-refractivity contribution in [1.82, 2.24) is 0 Å². The number of Topliss-reactive ketones (excluding diaryl/α,β-unsaturated/α-hetero) is 1. The molecule has 0 aromatic heterocycles. The average Bonchev–Trinajstić information content (AvgIpc) is 2.93.